The van der Waals surface area contributed by atoms with Crippen LogP contribution < -0.4 is 4.74 Å². The van der Waals surface area contributed by atoms with Crippen LogP contribution in [-0.4, -0.2) is 16.3 Å². The van der Waals surface area contributed by atoms with Crippen molar-refractivity contribution in [2.75, 3.05) is 0 Å². The quantitative estimate of drug-likeness (QED) is 0.589. The second-order valence-electron chi connectivity index (χ2n) is 5.64. The van der Waals surface area contributed by atoms with Crippen molar-refractivity contribution in [1.29, 1.82) is 0 Å². The van der Waals surface area contributed by atoms with Gasteiger partial charge in [0.2, 0.25) is 0 Å². The first-order valence-corrected chi connectivity index (χ1v) is 9.08. The highest BCUT2D eigenvalue weighted by Crippen LogP contribution is 2.35. The summed E-state index contributed by atoms with van der Waals surface area (Å²) in [5, 5.41) is 11.0. The standard InChI is InChI=1S/C19H18ClN2OS/c1-4-13-7-5-6-8-15(13)19-22-21-18(24-19)14-9-10-17(16(20)11-14)23-12(2)3/h5-6,8-12H,4H2,1-3H3. The van der Waals surface area contributed by atoms with Gasteiger partial charge in [-0.15, -0.1) is 10.2 Å². The van der Waals surface area contributed by atoms with Crippen LogP contribution in [0.5, 0.6) is 5.75 Å². The van der Waals surface area contributed by atoms with E-state index in [1.54, 1.807) is 11.3 Å². The van der Waals surface area contributed by atoms with E-state index in [-0.39, 0.29) is 6.10 Å². The monoisotopic (exact) mass is 357 g/mol. The van der Waals surface area contributed by atoms with E-state index in [2.05, 4.69) is 29.3 Å². The van der Waals surface area contributed by atoms with Crippen molar-refractivity contribution in [3.05, 3.63) is 53.1 Å². The molecule has 0 fully saturated rings. The van der Waals surface area contributed by atoms with Gasteiger partial charge < -0.3 is 4.74 Å². The van der Waals surface area contributed by atoms with Crippen molar-refractivity contribution in [2.45, 2.75) is 33.3 Å². The lowest BCUT2D eigenvalue weighted by Gasteiger charge is -2.11. The van der Waals surface area contributed by atoms with Gasteiger partial charge in [-0.3, -0.25) is 0 Å². The molecule has 24 heavy (non-hydrogen) atoms. The Hall–Kier alpha value is -1.91. The second kappa shape index (κ2) is 7.32. The smallest absolute Gasteiger partial charge is 0.148 e. The number of hydrogen-bond acceptors (Lipinski definition) is 4. The molecule has 0 saturated heterocycles. The van der Waals surface area contributed by atoms with Crippen molar-refractivity contribution in [3.63, 3.8) is 0 Å². The fourth-order valence-electron chi connectivity index (χ4n) is 2.40. The summed E-state index contributed by atoms with van der Waals surface area (Å²) in [5.74, 6) is 0.686. The number of benzene rings is 2. The van der Waals surface area contributed by atoms with Crippen LogP contribution in [-0.2, 0) is 6.42 Å². The maximum Gasteiger partial charge on any atom is 0.148 e. The Balaban J connectivity index is 1.92. The molecular weight excluding hydrogens is 340 g/mol. The van der Waals surface area contributed by atoms with Gasteiger partial charge in [-0.2, -0.15) is 0 Å². The molecule has 1 aromatic heterocycles. The summed E-state index contributed by atoms with van der Waals surface area (Å²) >= 11 is 7.88. The van der Waals surface area contributed by atoms with Crippen LogP contribution in [0, 0.1) is 6.07 Å². The summed E-state index contributed by atoms with van der Waals surface area (Å²) in [5.41, 5.74) is 3.19. The zero-order valence-electron chi connectivity index (χ0n) is 13.8. The minimum Gasteiger partial charge on any atom is -0.489 e. The molecule has 3 rings (SSSR count). The van der Waals surface area contributed by atoms with Gasteiger partial charge in [0.25, 0.3) is 0 Å². The highest BCUT2D eigenvalue weighted by Gasteiger charge is 2.13. The molecular formula is C19H18ClN2OS. The van der Waals surface area contributed by atoms with E-state index >= 15 is 0 Å². The van der Waals surface area contributed by atoms with Crippen molar-refractivity contribution >= 4 is 22.9 Å². The fourth-order valence-corrected chi connectivity index (χ4v) is 3.51. The molecule has 0 amide bonds. The zero-order valence-corrected chi connectivity index (χ0v) is 15.4. The highest BCUT2D eigenvalue weighted by molar-refractivity contribution is 7.17. The Morgan fingerprint density at radius 3 is 2.71 bits per heavy atom. The predicted octanol–water partition coefficient (Wildman–Crippen LogP) is 5.68. The van der Waals surface area contributed by atoms with E-state index in [9.17, 15) is 0 Å². The number of hydrogen-bond donors (Lipinski definition) is 0. The molecule has 0 aliphatic heterocycles. The lowest BCUT2D eigenvalue weighted by atomic mass is 10.1. The number of ether oxygens (including phenoxy) is 1. The summed E-state index contributed by atoms with van der Waals surface area (Å²) < 4.78 is 5.67. The van der Waals surface area contributed by atoms with Gasteiger partial charge in [-0.05, 0) is 50.1 Å². The first-order chi connectivity index (χ1) is 11.6. The maximum atomic E-state index is 6.32. The van der Waals surface area contributed by atoms with E-state index < -0.39 is 0 Å². The summed E-state index contributed by atoms with van der Waals surface area (Å²) in [6.07, 6.45) is 1.00. The van der Waals surface area contributed by atoms with Crippen LogP contribution in [0.15, 0.2) is 36.4 Å². The molecule has 0 aliphatic carbocycles. The number of nitrogens with zero attached hydrogens (tertiary/aromatic N) is 2. The Morgan fingerprint density at radius 1 is 1.21 bits per heavy atom. The number of halogens is 1. The van der Waals surface area contributed by atoms with Crippen molar-refractivity contribution in [1.82, 2.24) is 10.2 Å². The van der Waals surface area contributed by atoms with Crippen LogP contribution in [0.2, 0.25) is 5.02 Å². The normalized spacial score (nSPS) is 11.0. The van der Waals surface area contributed by atoms with E-state index in [1.165, 1.54) is 0 Å². The molecule has 0 aliphatic rings. The van der Waals surface area contributed by atoms with Gasteiger partial charge in [-0.1, -0.05) is 48.1 Å². The highest BCUT2D eigenvalue weighted by atomic mass is 35.5. The van der Waals surface area contributed by atoms with Gasteiger partial charge in [-0.25, -0.2) is 0 Å². The molecule has 0 bridgehead atoms. The zero-order chi connectivity index (χ0) is 17.1. The Labute approximate surface area is 151 Å². The van der Waals surface area contributed by atoms with E-state index in [0.29, 0.717) is 10.8 Å². The third kappa shape index (κ3) is 3.60. The van der Waals surface area contributed by atoms with Gasteiger partial charge in [0.05, 0.1) is 11.1 Å². The Morgan fingerprint density at radius 2 is 2.00 bits per heavy atom. The molecule has 123 valence electrons. The molecule has 3 nitrogen and oxygen atoms in total. The Bertz CT molecular complexity index is 845. The average Bonchev–Trinajstić information content (AvgIpc) is 3.06. The SMILES string of the molecule is CCc1[c]cccc1-c1nnc(-c2ccc(OC(C)C)c(Cl)c2)s1. The van der Waals surface area contributed by atoms with Gasteiger partial charge >= 0.3 is 0 Å². The molecule has 2 aromatic carbocycles. The first kappa shape index (κ1) is 16.9. The first-order valence-electron chi connectivity index (χ1n) is 7.88. The van der Waals surface area contributed by atoms with Gasteiger partial charge in [0.1, 0.15) is 15.8 Å². The van der Waals surface area contributed by atoms with Crippen LogP contribution >= 0.6 is 22.9 Å². The maximum absolute atomic E-state index is 6.32. The molecule has 0 saturated carbocycles. The summed E-state index contributed by atoms with van der Waals surface area (Å²) in [7, 11) is 0. The van der Waals surface area contributed by atoms with Gasteiger partial charge in [0.15, 0.2) is 0 Å². The third-order valence-corrected chi connectivity index (χ3v) is 4.79. The minimum atomic E-state index is 0.0864. The topological polar surface area (TPSA) is 35.0 Å². The van der Waals surface area contributed by atoms with Crippen molar-refractivity contribution < 1.29 is 4.74 Å². The van der Waals surface area contributed by atoms with Crippen LogP contribution in [0.4, 0.5) is 0 Å². The minimum absolute atomic E-state index is 0.0864. The number of aryl methyl sites for hydroxylation is 1. The number of rotatable bonds is 5. The molecule has 1 heterocycles. The largest absolute Gasteiger partial charge is 0.489 e. The van der Waals surface area contributed by atoms with Crippen LogP contribution in [0.1, 0.15) is 26.3 Å². The molecule has 1 radical (unpaired) electrons. The Kier molecular flexibility index (Phi) is 5.17. The molecule has 3 aromatic rings. The van der Waals surface area contributed by atoms with Gasteiger partial charge in [0, 0.05) is 11.1 Å². The molecule has 0 unspecified atom stereocenters. The second-order valence-corrected chi connectivity index (χ2v) is 7.02. The van der Waals surface area contributed by atoms with E-state index in [1.807, 2.05) is 44.2 Å². The van der Waals surface area contributed by atoms with E-state index in [4.69, 9.17) is 16.3 Å². The predicted molar refractivity (Wildman–Crippen MR) is 99.8 cm³/mol. The third-order valence-electron chi connectivity index (χ3n) is 3.49. The van der Waals surface area contributed by atoms with E-state index in [0.717, 1.165) is 33.1 Å². The number of aromatic nitrogens is 2. The lowest BCUT2D eigenvalue weighted by Crippen LogP contribution is -2.05. The summed E-state index contributed by atoms with van der Waals surface area (Å²) in [6.45, 7) is 6.07. The van der Waals surface area contributed by atoms with Crippen LogP contribution in [0.3, 0.4) is 0 Å². The lowest BCUT2D eigenvalue weighted by molar-refractivity contribution is 0.242. The molecule has 5 heteroatoms. The summed E-state index contributed by atoms with van der Waals surface area (Å²) in [4.78, 5) is 0. The van der Waals surface area contributed by atoms with Crippen molar-refractivity contribution in [2.24, 2.45) is 0 Å². The molecule has 0 N–H and O–H groups in total. The molecule has 0 spiro atoms. The summed E-state index contributed by atoms with van der Waals surface area (Å²) in [6, 6.07) is 15.0. The van der Waals surface area contributed by atoms with Crippen LogP contribution in [0.25, 0.3) is 21.1 Å². The average molecular weight is 358 g/mol. The van der Waals surface area contributed by atoms with Crippen molar-refractivity contribution in [3.8, 4) is 26.9 Å². The molecule has 0 atom stereocenters. The fraction of sp³-hybridized carbons (Fsp3) is 0.263.